The number of likely N-dealkylation sites (N-methyl/N-ethyl adjacent to an activating group) is 1. The monoisotopic (exact) mass is 438 g/mol. The van der Waals surface area contributed by atoms with Crippen molar-refractivity contribution in [3.63, 3.8) is 0 Å². The molecule has 1 aromatic carbocycles. The Labute approximate surface area is 188 Å². The van der Waals surface area contributed by atoms with Gasteiger partial charge in [0.15, 0.2) is 0 Å². The normalized spacial score (nSPS) is 20.3. The lowest BCUT2D eigenvalue weighted by atomic mass is 10.1. The van der Waals surface area contributed by atoms with E-state index in [2.05, 4.69) is 45.5 Å². The molecule has 0 spiro atoms. The van der Waals surface area contributed by atoms with Crippen molar-refractivity contribution in [1.82, 2.24) is 14.9 Å². The smallest absolute Gasteiger partial charge is 0.227 e. The van der Waals surface area contributed by atoms with Gasteiger partial charge in [-0.05, 0) is 37.4 Å². The fraction of sp³-hybridized carbons (Fsp3) is 0.417. The van der Waals surface area contributed by atoms with Gasteiger partial charge in [0, 0.05) is 44.1 Å². The zero-order chi connectivity index (χ0) is 22.2. The van der Waals surface area contributed by atoms with E-state index >= 15 is 0 Å². The van der Waals surface area contributed by atoms with Crippen molar-refractivity contribution in [1.29, 1.82) is 0 Å². The van der Waals surface area contributed by atoms with E-state index in [9.17, 15) is 0 Å². The van der Waals surface area contributed by atoms with Gasteiger partial charge in [0.25, 0.3) is 0 Å². The molecule has 1 N–H and O–H groups in total. The maximum atomic E-state index is 6.03. The van der Waals surface area contributed by atoms with Crippen LogP contribution in [-0.4, -0.2) is 62.0 Å². The quantitative estimate of drug-likeness (QED) is 0.573. The van der Waals surface area contributed by atoms with Gasteiger partial charge in [-0.15, -0.1) is 0 Å². The van der Waals surface area contributed by atoms with Gasteiger partial charge in [-0.25, -0.2) is 9.97 Å². The highest BCUT2D eigenvalue weighted by Gasteiger charge is 2.22. The van der Waals surface area contributed by atoms with Gasteiger partial charge >= 0.3 is 0 Å². The van der Waals surface area contributed by atoms with Gasteiger partial charge in [-0.2, -0.15) is 0 Å². The van der Waals surface area contributed by atoms with Crippen molar-refractivity contribution in [2.75, 3.05) is 52.4 Å². The van der Waals surface area contributed by atoms with Gasteiger partial charge in [-0.1, -0.05) is 12.2 Å². The lowest BCUT2D eigenvalue weighted by molar-refractivity contribution is 0.0845. The molecule has 0 radical (unpaired) electrons. The maximum Gasteiger partial charge on any atom is 0.227 e. The van der Waals surface area contributed by atoms with Crippen molar-refractivity contribution in [3.8, 4) is 5.75 Å². The highest BCUT2D eigenvalue weighted by atomic mass is 16.5. The molecule has 8 heteroatoms. The van der Waals surface area contributed by atoms with Gasteiger partial charge < -0.3 is 24.3 Å². The number of nitrogens with zero attached hydrogens (tertiary/aromatic N) is 3. The second kappa shape index (κ2) is 11.1. The summed E-state index contributed by atoms with van der Waals surface area (Å²) in [5, 5.41) is 3.32. The Balaban J connectivity index is 1.59. The first kappa shape index (κ1) is 22.3. The van der Waals surface area contributed by atoms with Crippen molar-refractivity contribution in [2.24, 2.45) is 0 Å². The minimum atomic E-state index is -0.118. The molecule has 0 saturated carbocycles. The van der Waals surface area contributed by atoms with Crippen LogP contribution >= 0.6 is 0 Å². The van der Waals surface area contributed by atoms with Crippen molar-refractivity contribution >= 4 is 11.6 Å². The fourth-order valence-corrected chi connectivity index (χ4v) is 3.59. The van der Waals surface area contributed by atoms with Crippen LogP contribution in [0.4, 0.5) is 11.6 Å². The molecule has 0 aliphatic carbocycles. The summed E-state index contributed by atoms with van der Waals surface area (Å²) in [6.07, 6.45) is 8.63. The molecule has 1 atom stereocenters. The number of nitrogens with one attached hydrogen (secondary N) is 1. The van der Waals surface area contributed by atoms with E-state index in [1.54, 1.807) is 13.3 Å². The largest absolute Gasteiger partial charge is 0.491 e. The van der Waals surface area contributed by atoms with Crippen LogP contribution < -0.4 is 10.1 Å². The molecule has 4 rings (SSSR count). The zero-order valence-corrected chi connectivity index (χ0v) is 18.6. The fourth-order valence-electron chi connectivity index (χ4n) is 3.59. The predicted octanol–water partition coefficient (Wildman–Crippen LogP) is 3.61. The molecule has 1 aromatic heterocycles. The molecule has 170 valence electrons. The van der Waals surface area contributed by atoms with Crippen LogP contribution in [0.2, 0.25) is 0 Å². The van der Waals surface area contributed by atoms with E-state index in [0.29, 0.717) is 32.4 Å². The van der Waals surface area contributed by atoms with E-state index in [1.165, 1.54) is 0 Å². The Hall–Kier alpha value is -2.94. The number of fused-ring (bicyclic) bond motifs is 7. The molecule has 0 amide bonds. The first-order valence-corrected chi connectivity index (χ1v) is 10.8. The molecule has 1 unspecified atom stereocenters. The van der Waals surface area contributed by atoms with Crippen LogP contribution in [0.15, 0.2) is 54.4 Å². The Morgan fingerprint density at radius 3 is 3.06 bits per heavy atom. The molecule has 3 heterocycles. The number of anilines is 2. The van der Waals surface area contributed by atoms with Crippen molar-refractivity contribution in [2.45, 2.75) is 19.1 Å². The summed E-state index contributed by atoms with van der Waals surface area (Å²) in [6.45, 7) is 3.57. The third kappa shape index (κ3) is 6.06. The lowest BCUT2D eigenvalue weighted by Crippen LogP contribution is -2.19. The average molecular weight is 439 g/mol. The van der Waals surface area contributed by atoms with Crippen molar-refractivity contribution in [3.05, 3.63) is 65.7 Å². The van der Waals surface area contributed by atoms with E-state index in [4.69, 9.17) is 18.9 Å². The average Bonchev–Trinajstić information content (AvgIpc) is 3.26. The third-order valence-electron chi connectivity index (χ3n) is 5.20. The van der Waals surface area contributed by atoms with Crippen molar-refractivity contribution < 1.29 is 18.9 Å². The van der Waals surface area contributed by atoms with Gasteiger partial charge in [-0.3, -0.25) is 4.90 Å². The summed E-state index contributed by atoms with van der Waals surface area (Å²) in [5.41, 5.74) is 2.82. The number of ether oxygens (including phenoxy) is 4. The van der Waals surface area contributed by atoms with Crippen LogP contribution in [0.25, 0.3) is 0 Å². The molecule has 8 nitrogen and oxygen atoms in total. The van der Waals surface area contributed by atoms with E-state index in [0.717, 1.165) is 48.0 Å². The number of benzene rings is 1. The minimum Gasteiger partial charge on any atom is -0.491 e. The minimum absolute atomic E-state index is 0.118. The highest BCUT2D eigenvalue weighted by molar-refractivity contribution is 5.57. The summed E-state index contributed by atoms with van der Waals surface area (Å²) in [5.74, 6) is 2.23. The second-order valence-electron chi connectivity index (χ2n) is 7.79. The number of rotatable bonds is 4. The molecular weight excluding hydrogens is 408 g/mol. The van der Waals surface area contributed by atoms with Crippen LogP contribution in [0, 0.1) is 0 Å². The summed E-state index contributed by atoms with van der Waals surface area (Å²) in [4.78, 5) is 11.3. The Kier molecular flexibility index (Phi) is 7.71. The molecule has 2 aromatic rings. The predicted molar refractivity (Wildman–Crippen MR) is 122 cm³/mol. The topological polar surface area (TPSA) is 78.0 Å². The van der Waals surface area contributed by atoms with E-state index < -0.39 is 0 Å². The summed E-state index contributed by atoms with van der Waals surface area (Å²) < 4.78 is 22.8. The lowest BCUT2D eigenvalue weighted by Gasteiger charge is -2.19. The Morgan fingerprint density at radius 2 is 2.16 bits per heavy atom. The molecule has 2 aliphatic rings. The molecule has 32 heavy (non-hydrogen) atoms. The number of hydrogen-bond acceptors (Lipinski definition) is 8. The second-order valence-corrected chi connectivity index (χ2v) is 7.79. The van der Waals surface area contributed by atoms with Gasteiger partial charge in [0.05, 0.1) is 18.9 Å². The molecular formula is C24H30N4O4. The Bertz CT molecular complexity index is 963. The van der Waals surface area contributed by atoms with Gasteiger partial charge in [0.1, 0.15) is 30.8 Å². The molecule has 6 bridgehead atoms. The number of hydrogen-bond donors (Lipinski definition) is 1. The SMILES string of the molecule is COCCOc1ccc2cc1CN(C)C/C=C/COCC1=CCC(O1)c1ccnc(n1)N2. The van der Waals surface area contributed by atoms with Crippen LogP contribution in [0.3, 0.4) is 0 Å². The summed E-state index contributed by atoms with van der Waals surface area (Å²) in [7, 11) is 3.74. The van der Waals surface area contributed by atoms with E-state index in [-0.39, 0.29) is 6.10 Å². The Morgan fingerprint density at radius 1 is 1.22 bits per heavy atom. The van der Waals surface area contributed by atoms with Crippen LogP contribution in [0.5, 0.6) is 5.75 Å². The standard InChI is InChI=1S/C24H30N4O4/c1-28-11-3-4-12-30-17-20-6-8-23(32-20)21-9-10-25-24(27-21)26-19-5-7-22(18(15-19)16-28)31-14-13-29-2/h3-7,9-10,15,23H,8,11-14,16-17H2,1-2H3,(H,25,26,27)/b4-3+. The third-order valence-corrected chi connectivity index (χ3v) is 5.20. The number of methoxy groups -OCH3 is 1. The molecule has 2 aliphatic heterocycles. The summed E-state index contributed by atoms with van der Waals surface area (Å²) in [6, 6.07) is 7.92. The first-order valence-electron chi connectivity index (χ1n) is 10.8. The first-order chi connectivity index (χ1) is 15.7. The number of aromatic nitrogens is 2. The summed E-state index contributed by atoms with van der Waals surface area (Å²) >= 11 is 0. The van der Waals surface area contributed by atoms with Gasteiger partial charge in [0.2, 0.25) is 5.95 Å². The van der Waals surface area contributed by atoms with Crippen LogP contribution in [-0.2, 0) is 20.8 Å². The van der Waals surface area contributed by atoms with Crippen LogP contribution in [0.1, 0.15) is 23.8 Å². The molecule has 0 fully saturated rings. The van der Waals surface area contributed by atoms with E-state index in [1.807, 2.05) is 24.3 Å². The maximum absolute atomic E-state index is 6.03. The zero-order valence-electron chi connectivity index (χ0n) is 18.6. The highest BCUT2D eigenvalue weighted by Crippen LogP contribution is 2.31. The molecule has 0 saturated heterocycles.